The van der Waals surface area contributed by atoms with Crippen molar-refractivity contribution >= 4 is 5.91 Å². The second kappa shape index (κ2) is 8.52. The second-order valence-corrected chi connectivity index (χ2v) is 6.55. The first-order valence-corrected chi connectivity index (χ1v) is 8.66. The van der Waals surface area contributed by atoms with Crippen LogP contribution in [0.1, 0.15) is 53.4 Å². The van der Waals surface area contributed by atoms with E-state index < -0.39 is 0 Å². The summed E-state index contributed by atoms with van der Waals surface area (Å²) in [4.78, 5) is 12.6. The zero-order valence-electron chi connectivity index (χ0n) is 15.6. The van der Waals surface area contributed by atoms with Crippen LogP contribution in [0, 0.1) is 13.8 Å². The molecule has 132 valence electrons. The van der Waals surface area contributed by atoms with Crippen molar-refractivity contribution in [1.29, 1.82) is 0 Å². The second-order valence-electron chi connectivity index (χ2n) is 6.55. The molecule has 0 aliphatic heterocycles. The predicted molar refractivity (Wildman–Crippen MR) is 103 cm³/mol. The van der Waals surface area contributed by atoms with Gasteiger partial charge in [0.15, 0.2) is 0 Å². The molecule has 2 rings (SSSR count). The summed E-state index contributed by atoms with van der Waals surface area (Å²) >= 11 is 0. The maximum atomic E-state index is 12.6. The van der Waals surface area contributed by atoms with Gasteiger partial charge < -0.3 is 10.1 Å². The first-order chi connectivity index (χ1) is 11.9. The fraction of sp³-hybridized carbons (Fsp3) is 0.318. The van der Waals surface area contributed by atoms with Crippen LogP contribution in [-0.2, 0) is 0 Å². The van der Waals surface area contributed by atoms with E-state index in [1.54, 1.807) is 12.1 Å². The van der Waals surface area contributed by atoms with E-state index in [9.17, 15) is 4.79 Å². The molecule has 0 aliphatic rings. The molecule has 1 amide bonds. The Hall–Kier alpha value is -2.55. The molecular formula is C22H27NO2. The number of ether oxygens (including phenoxy) is 1. The van der Waals surface area contributed by atoms with Gasteiger partial charge in [-0.1, -0.05) is 37.8 Å². The van der Waals surface area contributed by atoms with Crippen LogP contribution in [0.25, 0.3) is 0 Å². The van der Waals surface area contributed by atoms with Gasteiger partial charge in [-0.25, -0.2) is 0 Å². The van der Waals surface area contributed by atoms with Crippen molar-refractivity contribution in [1.82, 2.24) is 5.32 Å². The Kier molecular flexibility index (Phi) is 6.40. The molecule has 0 radical (unpaired) electrons. The third-order valence-corrected chi connectivity index (χ3v) is 4.23. The summed E-state index contributed by atoms with van der Waals surface area (Å²) in [5.41, 5.74) is 5.17. The number of carbonyl (C=O) groups is 1. The van der Waals surface area contributed by atoms with Crippen molar-refractivity contribution in [2.24, 2.45) is 0 Å². The minimum Gasteiger partial charge on any atom is -0.489 e. The molecule has 0 aliphatic carbocycles. The monoisotopic (exact) mass is 337 g/mol. The Labute approximate surface area is 150 Å². The van der Waals surface area contributed by atoms with E-state index in [0.29, 0.717) is 17.9 Å². The first kappa shape index (κ1) is 18.8. The quantitative estimate of drug-likeness (QED) is 0.711. The predicted octanol–water partition coefficient (Wildman–Crippen LogP) is 5.14. The summed E-state index contributed by atoms with van der Waals surface area (Å²) < 4.78 is 5.62. The molecule has 3 heteroatoms. The van der Waals surface area contributed by atoms with E-state index in [0.717, 1.165) is 17.6 Å². The molecule has 0 spiro atoms. The van der Waals surface area contributed by atoms with Crippen molar-refractivity contribution in [3.63, 3.8) is 0 Å². The number of amides is 1. The van der Waals surface area contributed by atoms with Crippen LogP contribution >= 0.6 is 0 Å². The maximum absolute atomic E-state index is 12.6. The summed E-state index contributed by atoms with van der Waals surface area (Å²) in [5.74, 6) is 0.584. The van der Waals surface area contributed by atoms with Crippen molar-refractivity contribution in [3.05, 3.63) is 76.9 Å². The average Bonchev–Trinajstić information content (AvgIpc) is 2.60. The summed E-state index contributed by atoms with van der Waals surface area (Å²) in [6.07, 6.45) is 0.833. The zero-order chi connectivity index (χ0) is 18.4. The van der Waals surface area contributed by atoms with E-state index in [1.807, 2.05) is 19.1 Å². The van der Waals surface area contributed by atoms with Crippen LogP contribution in [0.15, 0.2) is 54.6 Å². The molecule has 1 N–H and O–H groups in total. The van der Waals surface area contributed by atoms with E-state index >= 15 is 0 Å². The SMILES string of the molecule is C=C(C)COc1cccc(C(=O)N[C@@H](CC)c2ccc(C)c(C)c2)c1. The van der Waals surface area contributed by atoms with E-state index in [2.05, 4.69) is 50.9 Å². The Morgan fingerprint density at radius 1 is 1.16 bits per heavy atom. The number of aryl methyl sites for hydroxylation is 2. The lowest BCUT2D eigenvalue weighted by Crippen LogP contribution is -2.28. The number of rotatable bonds is 7. The minimum absolute atomic E-state index is 0.00760. The molecule has 0 aromatic heterocycles. The van der Waals surface area contributed by atoms with Gasteiger partial charge in [-0.15, -0.1) is 0 Å². The summed E-state index contributed by atoms with van der Waals surface area (Å²) in [7, 11) is 0. The Balaban J connectivity index is 2.12. The molecule has 0 unspecified atom stereocenters. The molecule has 25 heavy (non-hydrogen) atoms. The number of benzene rings is 2. The highest BCUT2D eigenvalue weighted by Crippen LogP contribution is 2.21. The normalized spacial score (nSPS) is 11.7. The van der Waals surface area contributed by atoms with E-state index in [1.165, 1.54) is 11.1 Å². The largest absolute Gasteiger partial charge is 0.489 e. The Morgan fingerprint density at radius 3 is 2.56 bits per heavy atom. The zero-order valence-corrected chi connectivity index (χ0v) is 15.6. The molecule has 0 heterocycles. The highest BCUT2D eigenvalue weighted by molar-refractivity contribution is 5.94. The number of hydrogen-bond acceptors (Lipinski definition) is 2. The van der Waals surface area contributed by atoms with Crippen LogP contribution in [0.5, 0.6) is 5.75 Å². The van der Waals surface area contributed by atoms with Crippen LogP contribution in [0.4, 0.5) is 0 Å². The van der Waals surface area contributed by atoms with Crippen molar-refractivity contribution < 1.29 is 9.53 Å². The van der Waals surface area contributed by atoms with Crippen LogP contribution in [0.3, 0.4) is 0 Å². The van der Waals surface area contributed by atoms with Gasteiger partial charge in [0.2, 0.25) is 0 Å². The van der Waals surface area contributed by atoms with Gasteiger partial charge in [-0.05, 0) is 67.7 Å². The molecule has 2 aromatic rings. The van der Waals surface area contributed by atoms with Crippen LogP contribution in [-0.4, -0.2) is 12.5 Å². The van der Waals surface area contributed by atoms with E-state index in [-0.39, 0.29) is 11.9 Å². The standard InChI is InChI=1S/C22H27NO2/c1-6-21(18-11-10-16(4)17(5)12-18)23-22(24)19-8-7-9-20(13-19)25-14-15(2)3/h7-13,21H,2,6,14H2,1,3-5H3,(H,23,24)/t21-/m0/s1. The lowest BCUT2D eigenvalue weighted by molar-refractivity contribution is 0.0935. The van der Waals surface area contributed by atoms with Crippen LogP contribution < -0.4 is 10.1 Å². The van der Waals surface area contributed by atoms with Gasteiger partial charge >= 0.3 is 0 Å². The number of carbonyl (C=O) groups excluding carboxylic acids is 1. The molecule has 0 saturated heterocycles. The lowest BCUT2D eigenvalue weighted by Gasteiger charge is -2.19. The third kappa shape index (κ3) is 5.21. The van der Waals surface area contributed by atoms with E-state index in [4.69, 9.17) is 4.74 Å². The van der Waals surface area contributed by atoms with Gasteiger partial charge in [0.25, 0.3) is 5.91 Å². The topological polar surface area (TPSA) is 38.3 Å². The first-order valence-electron chi connectivity index (χ1n) is 8.66. The minimum atomic E-state index is -0.0918. The molecule has 0 saturated carbocycles. The summed E-state index contributed by atoms with van der Waals surface area (Å²) in [5, 5.41) is 3.13. The number of nitrogens with one attached hydrogen (secondary N) is 1. The van der Waals surface area contributed by atoms with Crippen molar-refractivity contribution in [2.45, 2.75) is 40.2 Å². The summed E-state index contributed by atoms with van der Waals surface area (Å²) in [6.45, 7) is 12.4. The third-order valence-electron chi connectivity index (χ3n) is 4.23. The molecule has 1 atom stereocenters. The number of hydrogen-bond donors (Lipinski definition) is 1. The van der Waals surface area contributed by atoms with Gasteiger partial charge in [0.1, 0.15) is 12.4 Å². The highest BCUT2D eigenvalue weighted by atomic mass is 16.5. The lowest BCUT2D eigenvalue weighted by atomic mass is 9.99. The average molecular weight is 337 g/mol. The summed E-state index contributed by atoms with van der Waals surface area (Å²) in [6, 6.07) is 13.6. The smallest absolute Gasteiger partial charge is 0.251 e. The fourth-order valence-electron chi connectivity index (χ4n) is 2.58. The Morgan fingerprint density at radius 2 is 1.92 bits per heavy atom. The van der Waals surface area contributed by atoms with Crippen molar-refractivity contribution in [2.75, 3.05) is 6.61 Å². The van der Waals surface area contributed by atoms with Crippen LogP contribution in [0.2, 0.25) is 0 Å². The van der Waals surface area contributed by atoms with Crippen molar-refractivity contribution in [3.8, 4) is 5.75 Å². The highest BCUT2D eigenvalue weighted by Gasteiger charge is 2.15. The van der Waals surface area contributed by atoms with Gasteiger partial charge in [0, 0.05) is 5.56 Å². The molecular weight excluding hydrogens is 310 g/mol. The van der Waals surface area contributed by atoms with Gasteiger partial charge in [0.05, 0.1) is 6.04 Å². The Bertz CT molecular complexity index is 764. The maximum Gasteiger partial charge on any atom is 0.251 e. The van der Waals surface area contributed by atoms with Gasteiger partial charge in [-0.2, -0.15) is 0 Å². The molecule has 0 bridgehead atoms. The molecule has 2 aromatic carbocycles. The fourth-order valence-corrected chi connectivity index (χ4v) is 2.58. The van der Waals surface area contributed by atoms with Gasteiger partial charge in [-0.3, -0.25) is 4.79 Å². The molecule has 0 fully saturated rings. The molecule has 3 nitrogen and oxygen atoms in total.